The van der Waals surface area contributed by atoms with Crippen molar-refractivity contribution in [1.29, 1.82) is 5.26 Å². The first-order valence-electron chi connectivity index (χ1n) is 9.63. The summed E-state index contributed by atoms with van der Waals surface area (Å²) in [4.78, 5) is 0. The van der Waals surface area contributed by atoms with Crippen LogP contribution in [0.4, 0.5) is 0 Å². The van der Waals surface area contributed by atoms with E-state index in [9.17, 15) is 10.2 Å². The summed E-state index contributed by atoms with van der Waals surface area (Å²) < 4.78 is 0. The molecule has 2 N–H and O–H groups in total. The van der Waals surface area contributed by atoms with Crippen LogP contribution in [0, 0.1) is 39.9 Å². The van der Waals surface area contributed by atoms with E-state index < -0.39 is 0 Å². The van der Waals surface area contributed by atoms with Crippen LogP contribution in [0.15, 0.2) is 23.3 Å². The van der Waals surface area contributed by atoms with Crippen molar-refractivity contribution in [2.45, 2.75) is 64.4 Å². The predicted octanol–water partition coefficient (Wildman–Crippen LogP) is 3.73. The zero-order valence-corrected chi connectivity index (χ0v) is 14.7. The molecule has 0 aliphatic heterocycles. The zero-order valence-electron chi connectivity index (χ0n) is 14.7. The fourth-order valence-corrected chi connectivity index (χ4v) is 6.90. The van der Waals surface area contributed by atoms with E-state index in [4.69, 9.17) is 5.26 Å². The van der Waals surface area contributed by atoms with Crippen LogP contribution in [0.5, 0.6) is 0 Å². The Hall–Kier alpha value is -1.11. The van der Waals surface area contributed by atoms with Gasteiger partial charge in [-0.25, -0.2) is 0 Å². The average Bonchev–Trinajstić information content (AvgIpc) is 2.91. The van der Waals surface area contributed by atoms with Crippen molar-refractivity contribution in [2.75, 3.05) is 6.61 Å². The maximum absolute atomic E-state index is 10.4. The van der Waals surface area contributed by atoms with Crippen LogP contribution >= 0.6 is 0 Å². The molecule has 6 atom stereocenters. The molecular formula is C21H29NO2. The summed E-state index contributed by atoms with van der Waals surface area (Å²) in [6, 6.07) is 2.27. The van der Waals surface area contributed by atoms with Crippen LogP contribution in [0.2, 0.25) is 0 Å². The molecule has 0 spiro atoms. The Bertz CT molecular complexity index is 630. The van der Waals surface area contributed by atoms with Gasteiger partial charge in [-0.15, -0.1) is 0 Å². The number of nitriles is 1. The second-order valence-electron chi connectivity index (χ2n) is 8.85. The van der Waals surface area contributed by atoms with E-state index in [0.29, 0.717) is 17.8 Å². The van der Waals surface area contributed by atoms with E-state index in [-0.39, 0.29) is 23.5 Å². The number of rotatable bonds is 1. The first-order chi connectivity index (χ1) is 11.5. The van der Waals surface area contributed by atoms with Gasteiger partial charge in [-0.2, -0.15) is 5.26 Å². The highest BCUT2D eigenvalue weighted by Crippen LogP contribution is 2.66. The smallest absolute Gasteiger partial charge is 0.0911 e. The molecule has 0 aromatic rings. The Balaban J connectivity index is 1.70. The number of aliphatic hydroxyl groups is 2. The molecule has 4 aliphatic carbocycles. The second kappa shape index (κ2) is 5.71. The maximum atomic E-state index is 10.4. The van der Waals surface area contributed by atoms with Crippen molar-refractivity contribution in [1.82, 2.24) is 0 Å². The van der Waals surface area contributed by atoms with Crippen molar-refractivity contribution in [2.24, 2.45) is 28.6 Å². The molecule has 0 amide bonds. The Morgan fingerprint density at radius 3 is 2.88 bits per heavy atom. The molecule has 3 fully saturated rings. The number of hydrogen-bond donors (Lipinski definition) is 2. The largest absolute Gasteiger partial charge is 0.395 e. The third-order valence-corrected chi connectivity index (χ3v) is 8.17. The van der Waals surface area contributed by atoms with Gasteiger partial charge in [0, 0.05) is 11.5 Å². The Labute approximate surface area is 145 Å². The van der Waals surface area contributed by atoms with E-state index in [0.717, 1.165) is 44.9 Å². The molecule has 0 heterocycles. The number of nitrogens with zero attached hydrogens (tertiary/aromatic N) is 1. The van der Waals surface area contributed by atoms with Gasteiger partial charge in [-0.05, 0) is 74.5 Å². The average molecular weight is 327 g/mol. The first kappa shape index (κ1) is 16.4. The summed E-state index contributed by atoms with van der Waals surface area (Å²) in [6.07, 6.45) is 12.1. The Morgan fingerprint density at radius 1 is 1.29 bits per heavy atom. The van der Waals surface area contributed by atoms with Gasteiger partial charge in [0.2, 0.25) is 0 Å². The molecule has 0 aromatic heterocycles. The fraction of sp³-hybridized carbons (Fsp3) is 0.762. The summed E-state index contributed by atoms with van der Waals surface area (Å²) in [7, 11) is 0. The minimum atomic E-state index is -0.224. The minimum Gasteiger partial charge on any atom is -0.395 e. The van der Waals surface area contributed by atoms with Crippen LogP contribution in [0.25, 0.3) is 0 Å². The van der Waals surface area contributed by atoms with Crippen molar-refractivity contribution >= 4 is 0 Å². The molecule has 0 unspecified atom stereocenters. The van der Waals surface area contributed by atoms with Crippen LogP contribution in [-0.2, 0) is 0 Å². The van der Waals surface area contributed by atoms with Crippen LogP contribution in [-0.4, -0.2) is 22.9 Å². The van der Waals surface area contributed by atoms with E-state index in [1.54, 1.807) is 0 Å². The zero-order chi connectivity index (χ0) is 16.9. The molecule has 4 aliphatic rings. The quantitative estimate of drug-likeness (QED) is 0.570. The van der Waals surface area contributed by atoms with Gasteiger partial charge in [-0.1, -0.05) is 24.1 Å². The topological polar surface area (TPSA) is 64.2 Å². The van der Waals surface area contributed by atoms with Crippen LogP contribution in [0.1, 0.15) is 58.3 Å². The van der Waals surface area contributed by atoms with Crippen molar-refractivity contribution < 1.29 is 10.2 Å². The molecule has 0 saturated heterocycles. The highest BCUT2D eigenvalue weighted by Gasteiger charge is 2.58. The third-order valence-electron chi connectivity index (χ3n) is 8.17. The van der Waals surface area contributed by atoms with Gasteiger partial charge in [0.15, 0.2) is 0 Å². The normalized spacial score (nSPS) is 48.9. The van der Waals surface area contributed by atoms with Gasteiger partial charge in [0.05, 0.1) is 18.8 Å². The van der Waals surface area contributed by atoms with Gasteiger partial charge in [0.1, 0.15) is 0 Å². The van der Waals surface area contributed by atoms with E-state index in [1.165, 1.54) is 17.6 Å². The first-order valence-corrected chi connectivity index (χ1v) is 9.63. The van der Waals surface area contributed by atoms with Crippen molar-refractivity contribution in [3.05, 3.63) is 23.3 Å². The third kappa shape index (κ3) is 2.09. The standard InChI is InChI=1S/C21H29NO2/c1-20-9-7-19-17(18(20)5-3-14(20)8-11-22)4-2-15-12-16(24)6-10-21(15,19)13-23/h2,8,16-19,23-24H,3-7,9-10,12-13H2,1H3/b14-8-/t16-,17-,18-,19-,20+,21+/m0/s1. The molecule has 130 valence electrons. The summed E-state index contributed by atoms with van der Waals surface area (Å²) in [5, 5.41) is 29.6. The van der Waals surface area contributed by atoms with Gasteiger partial charge < -0.3 is 10.2 Å². The summed E-state index contributed by atoms with van der Waals surface area (Å²) in [5.41, 5.74) is 2.80. The second-order valence-corrected chi connectivity index (χ2v) is 8.85. The molecule has 4 rings (SSSR count). The SMILES string of the molecule is C[C@]12CC[C@H]3[C@@H](CC=C4C[C@@H](O)CC[C@@]43CO)[C@@H]1CC/C2=C/C#N. The lowest BCUT2D eigenvalue weighted by molar-refractivity contribution is -0.0583. The van der Waals surface area contributed by atoms with Gasteiger partial charge in [-0.3, -0.25) is 0 Å². The number of allylic oxidation sites excluding steroid dienone is 3. The van der Waals surface area contributed by atoms with Crippen LogP contribution < -0.4 is 0 Å². The monoisotopic (exact) mass is 327 g/mol. The van der Waals surface area contributed by atoms with Crippen molar-refractivity contribution in [3.63, 3.8) is 0 Å². The molecule has 0 bridgehead atoms. The lowest BCUT2D eigenvalue weighted by Crippen LogP contribution is -2.52. The lowest BCUT2D eigenvalue weighted by atomic mass is 9.47. The molecule has 3 nitrogen and oxygen atoms in total. The van der Waals surface area contributed by atoms with Crippen molar-refractivity contribution in [3.8, 4) is 6.07 Å². The summed E-state index contributed by atoms with van der Waals surface area (Å²) in [5.74, 6) is 1.82. The van der Waals surface area contributed by atoms with E-state index in [1.807, 2.05) is 6.08 Å². The van der Waals surface area contributed by atoms with Gasteiger partial charge in [0.25, 0.3) is 0 Å². The summed E-state index contributed by atoms with van der Waals surface area (Å²) >= 11 is 0. The molecule has 0 aromatic carbocycles. The van der Waals surface area contributed by atoms with E-state index in [2.05, 4.69) is 19.1 Å². The maximum Gasteiger partial charge on any atom is 0.0911 e. The number of hydrogen-bond acceptors (Lipinski definition) is 3. The van der Waals surface area contributed by atoms with Crippen LogP contribution in [0.3, 0.4) is 0 Å². The fourth-order valence-electron chi connectivity index (χ4n) is 6.90. The molecule has 0 radical (unpaired) electrons. The number of aliphatic hydroxyl groups excluding tert-OH is 2. The number of fused-ring (bicyclic) bond motifs is 5. The highest BCUT2D eigenvalue weighted by molar-refractivity contribution is 5.31. The summed E-state index contributed by atoms with van der Waals surface area (Å²) in [6.45, 7) is 2.61. The molecular weight excluding hydrogens is 298 g/mol. The highest BCUT2D eigenvalue weighted by atomic mass is 16.3. The van der Waals surface area contributed by atoms with Gasteiger partial charge >= 0.3 is 0 Å². The Morgan fingerprint density at radius 2 is 2.12 bits per heavy atom. The lowest BCUT2D eigenvalue weighted by Gasteiger charge is -2.57. The Kier molecular flexibility index (Phi) is 3.90. The molecule has 24 heavy (non-hydrogen) atoms. The molecule has 3 saturated carbocycles. The van der Waals surface area contributed by atoms with E-state index >= 15 is 0 Å². The molecule has 3 heteroatoms. The predicted molar refractivity (Wildman–Crippen MR) is 92.8 cm³/mol. The minimum absolute atomic E-state index is 0.0782.